The van der Waals surface area contributed by atoms with Crippen LogP contribution in [-0.4, -0.2) is 55.1 Å². The van der Waals surface area contributed by atoms with Crippen LogP contribution in [0.2, 0.25) is 0 Å². The molecule has 3 heteroatoms. The van der Waals surface area contributed by atoms with Crippen LogP contribution < -0.4 is 5.73 Å². The van der Waals surface area contributed by atoms with Gasteiger partial charge in [0, 0.05) is 25.2 Å². The summed E-state index contributed by atoms with van der Waals surface area (Å²) in [5.74, 6) is 1.69. The molecule has 2 fully saturated rings. The Morgan fingerprint density at radius 3 is 2.29 bits per heavy atom. The summed E-state index contributed by atoms with van der Waals surface area (Å²) in [7, 11) is 2.33. The third-order valence-electron chi connectivity index (χ3n) is 5.86. The molecule has 3 nitrogen and oxygen atoms in total. The molecule has 2 aliphatic rings. The molecule has 0 bridgehead atoms. The van der Waals surface area contributed by atoms with Gasteiger partial charge in [-0.2, -0.15) is 0 Å². The lowest BCUT2D eigenvalue weighted by Gasteiger charge is -2.48. The largest absolute Gasteiger partial charge is 0.329 e. The molecule has 1 aliphatic heterocycles. The van der Waals surface area contributed by atoms with Crippen LogP contribution in [0.3, 0.4) is 0 Å². The quantitative estimate of drug-likeness (QED) is 0.818. The van der Waals surface area contributed by atoms with Gasteiger partial charge >= 0.3 is 0 Å². The number of piperidine rings is 1. The standard InChI is InChI=1S/C18H37N3/c1-16(2)13-21-11-9-18(15-19,10-12-21)20(3)14-17-7-5-4-6-8-17/h16-17H,4-15,19H2,1-3H3. The van der Waals surface area contributed by atoms with Gasteiger partial charge in [-0.3, -0.25) is 4.90 Å². The third kappa shape index (κ3) is 4.67. The monoisotopic (exact) mass is 295 g/mol. The molecule has 21 heavy (non-hydrogen) atoms. The third-order valence-corrected chi connectivity index (χ3v) is 5.86. The van der Waals surface area contributed by atoms with Crippen LogP contribution in [0.4, 0.5) is 0 Å². The Morgan fingerprint density at radius 1 is 1.14 bits per heavy atom. The first kappa shape index (κ1) is 17.2. The first-order valence-electron chi connectivity index (χ1n) is 9.19. The minimum atomic E-state index is 0.269. The van der Waals surface area contributed by atoms with Gasteiger partial charge in [-0.1, -0.05) is 33.1 Å². The molecular formula is C18H37N3. The Kier molecular flexibility index (Phi) is 6.51. The van der Waals surface area contributed by atoms with Gasteiger partial charge in [0.2, 0.25) is 0 Å². The molecule has 0 aromatic carbocycles. The van der Waals surface area contributed by atoms with Crippen molar-refractivity contribution >= 4 is 0 Å². The summed E-state index contributed by atoms with van der Waals surface area (Å²) in [6.45, 7) is 10.4. The number of likely N-dealkylation sites (N-methyl/N-ethyl adjacent to an activating group) is 1. The fourth-order valence-electron chi connectivity index (χ4n) is 4.36. The van der Waals surface area contributed by atoms with E-state index >= 15 is 0 Å². The van der Waals surface area contributed by atoms with Crippen molar-refractivity contribution in [2.75, 3.05) is 39.8 Å². The number of hydrogen-bond acceptors (Lipinski definition) is 3. The molecule has 2 rings (SSSR count). The Hall–Kier alpha value is -0.120. The lowest BCUT2D eigenvalue weighted by molar-refractivity contribution is 0.0280. The van der Waals surface area contributed by atoms with Crippen LogP contribution in [0, 0.1) is 11.8 Å². The second-order valence-corrected chi connectivity index (χ2v) is 8.01. The summed E-state index contributed by atoms with van der Waals surface area (Å²) >= 11 is 0. The fourth-order valence-corrected chi connectivity index (χ4v) is 4.36. The Labute approximate surface area is 132 Å². The highest BCUT2D eigenvalue weighted by Gasteiger charge is 2.37. The van der Waals surface area contributed by atoms with E-state index < -0.39 is 0 Å². The summed E-state index contributed by atoms with van der Waals surface area (Å²) < 4.78 is 0. The minimum Gasteiger partial charge on any atom is -0.329 e. The molecule has 0 spiro atoms. The average Bonchev–Trinajstić information content (AvgIpc) is 2.48. The number of nitrogens with zero attached hydrogens (tertiary/aromatic N) is 2. The zero-order valence-electron chi connectivity index (χ0n) is 14.6. The van der Waals surface area contributed by atoms with Gasteiger partial charge in [-0.15, -0.1) is 0 Å². The number of rotatable bonds is 6. The summed E-state index contributed by atoms with van der Waals surface area (Å²) in [5.41, 5.74) is 6.50. The second kappa shape index (κ2) is 7.94. The van der Waals surface area contributed by atoms with Gasteiger partial charge in [0.05, 0.1) is 0 Å². The lowest BCUT2D eigenvalue weighted by Crippen LogP contribution is -2.59. The van der Waals surface area contributed by atoms with Crippen molar-refractivity contribution in [3.05, 3.63) is 0 Å². The second-order valence-electron chi connectivity index (χ2n) is 8.01. The molecular weight excluding hydrogens is 258 g/mol. The van der Waals surface area contributed by atoms with Crippen LogP contribution in [0.25, 0.3) is 0 Å². The molecule has 1 saturated carbocycles. The summed E-state index contributed by atoms with van der Waals surface area (Å²) in [4.78, 5) is 5.27. The molecule has 0 aromatic rings. The minimum absolute atomic E-state index is 0.269. The maximum absolute atomic E-state index is 6.23. The first-order chi connectivity index (χ1) is 10.1. The molecule has 2 N–H and O–H groups in total. The molecule has 124 valence electrons. The SMILES string of the molecule is CC(C)CN1CCC(CN)(N(C)CC2CCCCC2)CC1. The van der Waals surface area contributed by atoms with Gasteiger partial charge in [0.25, 0.3) is 0 Å². The van der Waals surface area contributed by atoms with Crippen LogP contribution in [0.15, 0.2) is 0 Å². The molecule has 1 saturated heterocycles. The van der Waals surface area contributed by atoms with E-state index in [2.05, 4.69) is 30.7 Å². The molecule has 1 aliphatic carbocycles. The van der Waals surface area contributed by atoms with Crippen LogP contribution in [0.5, 0.6) is 0 Å². The van der Waals surface area contributed by atoms with Gasteiger partial charge in [-0.25, -0.2) is 0 Å². The van der Waals surface area contributed by atoms with E-state index in [1.807, 2.05) is 0 Å². The smallest absolute Gasteiger partial charge is 0.0353 e. The Bertz CT molecular complexity index is 289. The van der Waals surface area contributed by atoms with E-state index in [0.29, 0.717) is 0 Å². The Morgan fingerprint density at radius 2 is 1.76 bits per heavy atom. The average molecular weight is 296 g/mol. The number of nitrogens with two attached hydrogens (primary N) is 1. The van der Waals surface area contributed by atoms with E-state index in [-0.39, 0.29) is 5.54 Å². The highest BCUT2D eigenvalue weighted by molar-refractivity contribution is 4.96. The summed E-state index contributed by atoms with van der Waals surface area (Å²) in [6.07, 6.45) is 9.70. The van der Waals surface area contributed by atoms with E-state index in [9.17, 15) is 0 Å². The normalized spacial score (nSPS) is 24.9. The van der Waals surface area contributed by atoms with Gasteiger partial charge in [0.1, 0.15) is 0 Å². The molecule has 0 atom stereocenters. The van der Waals surface area contributed by atoms with E-state index in [4.69, 9.17) is 5.73 Å². The van der Waals surface area contributed by atoms with Crippen molar-refractivity contribution < 1.29 is 0 Å². The van der Waals surface area contributed by atoms with Crippen molar-refractivity contribution in [3.8, 4) is 0 Å². The molecule has 1 heterocycles. The molecule has 0 unspecified atom stereocenters. The highest BCUT2D eigenvalue weighted by Crippen LogP contribution is 2.31. The van der Waals surface area contributed by atoms with Gasteiger partial charge in [-0.05, 0) is 57.7 Å². The molecule has 0 aromatic heterocycles. The van der Waals surface area contributed by atoms with E-state index in [1.54, 1.807) is 0 Å². The zero-order valence-corrected chi connectivity index (χ0v) is 14.6. The lowest BCUT2D eigenvalue weighted by atomic mass is 9.83. The van der Waals surface area contributed by atoms with E-state index in [0.717, 1.165) is 18.4 Å². The predicted molar refractivity (Wildman–Crippen MR) is 91.5 cm³/mol. The number of likely N-dealkylation sites (tertiary alicyclic amines) is 1. The molecule has 0 amide bonds. The van der Waals surface area contributed by atoms with Gasteiger partial charge < -0.3 is 10.6 Å². The summed E-state index contributed by atoms with van der Waals surface area (Å²) in [6, 6.07) is 0. The Balaban J connectivity index is 1.86. The van der Waals surface area contributed by atoms with Crippen molar-refractivity contribution in [2.45, 2.75) is 64.3 Å². The molecule has 0 radical (unpaired) electrons. The first-order valence-corrected chi connectivity index (χ1v) is 9.19. The van der Waals surface area contributed by atoms with Crippen LogP contribution in [-0.2, 0) is 0 Å². The fraction of sp³-hybridized carbons (Fsp3) is 1.00. The maximum Gasteiger partial charge on any atom is 0.0353 e. The van der Waals surface area contributed by atoms with Crippen LogP contribution in [0.1, 0.15) is 58.8 Å². The van der Waals surface area contributed by atoms with Gasteiger partial charge in [0.15, 0.2) is 0 Å². The topological polar surface area (TPSA) is 32.5 Å². The van der Waals surface area contributed by atoms with Crippen molar-refractivity contribution in [1.82, 2.24) is 9.80 Å². The van der Waals surface area contributed by atoms with Crippen molar-refractivity contribution in [1.29, 1.82) is 0 Å². The van der Waals surface area contributed by atoms with Crippen molar-refractivity contribution in [2.24, 2.45) is 17.6 Å². The maximum atomic E-state index is 6.23. The zero-order chi connectivity index (χ0) is 15.3. The highest BCUT2D eigenvalue weighted by atomic mass is 15.2. The summed E-state index contributed by atoms with van der Waals surface area (Å²) in [5, 5.41) is 0. The number of hydrogen-bond donors (Lipinski definition) is 1. The predicted octanol–water partition coefficient (Wildman–Crippen LogP) is 2.95. The van der Waals surface area contributed by atoms with E-state index in [1.165, 1.54) is 71.1 Å². The van der Waals surface area contributed by atoms with Crippen molar-refractivity contribution in [3.63, 3.8) is 0 Å². The van der Waals surface area contributed by atoms with Crippen LogP contribution >= 0.6 is 0 Å².